The highest BCUT2D eigenvalue weighted by molar-refractivity contribution is 5.72. The summed E-state index contributed by atoms with van der Waals surface area (Å²) in [6, 6.07) is 8.07. The van der Waals surface area contributed by atoms with E-state index in [1.807, 2.05) is 25.1 Å². The van der Waals surface area contributed by atoms with Crippen molar-refractivity contribution >= 4 is 11.7 Å². The van der Waals surface area contributed by atoms with Gasteiger partial charge in [0.05, 0.1) is 31.4 Å². The average molecular weight is 347 g/mol. The van der Waals surface area contributed by atoms with Gasteiger partial charge in [0.15, 0.2) is 0 Å². The zero-order chi connectivity index (χ0) is 17.5. The lowest BCUT2D eigenvalue weighted by molar-refractivity contribution is -0.149. The Morgan fingerprint density at radius 2 is 2.16 bits per heavy atom. The van der Waals surface area contributed by atoms with Crippen molar-refractivity contribution in [2.24, 2.45) is 11.8 Å². The Labute approximate surface area is 150 Å². The van der Waals surface area contributed by atoms with E-state index in [0.717, 1.165) is 56.7 Å². The zero-order valence-corrected chi connectivity index (χ0v) is 15.0. The van der Waals surface area contributed by atoms with Gasteiger partial charge < -0.3 is 19.5 Å². The number of benzene rings is 1. The molecule has 1 saturated heterocycles. The van der Waals surface area contributed by atoms with Crippen LogP contribution in [0.25, 0.3) is 0 Å². The lowest BCUT2D eigenvalue weighted by atomic mass is 9.81. The molecular formula is C20H29NO4. The first-order valence-electron chi connectivity index (χ1n) is 9.50. The largest absolute Gasteiger partial charge is 0.486 e. The first-order chi connectivity index (χ1) is 12.3. The minimum atomic E-state index is -0.0304. The molecule has 3 atom stereocenters. The number of ether oxygens (including phenoxy) is 3. The summed E-state index contributed by atoms with van der Waals surface area (Å²) in [5.41, 5.74) is 1.02. The Morgan fingerprint density at radius 3 is 2.96 bits per heavy atom. The molecule has 2 fully saturated rings. The Kier molecular flexibility index (Phi) is 6.56. The molecule has 0 unspecified atom stereocenters. The third kappa shape index (κ3) is 5.11. The number of para-hydroxylation sites is 2. The Hall–Kier alpha value is -1.75. The van der Waals surface area contributed by atoms with Crippen LogP contribution in [0.2, 0.25) is 0 Å². The van der Waals surface area contributed by atoms with E-state index < -0.39 is 0 Å². The second kappa shape index (κ2) is 9.09. The van der Waals surface area contributed by atoms with Gasteiger partial charge in [-0.3, -0.25) is 4.79 Å². The molecule has 2 aliphatic rings. The number of hydrogen-bond donors (Lipinski definition) is 1. The highest BCUT2D eigenvalue weighted by Crippen LogP contribution is 2.32. The first kappa shape index (κ1) is 18.1. The molecule has 3 rings (SSSR count). The molecule has 1 aromatic carbocycles. The van der Waals surface area contributed by atoms with Crippen LogP contribution in [0.3, 0.4) is 0 Å². The van der Waals surface area contributed by atoms with Crippen LogP contribution in [0.5, 0.6) is 5.75 Å². The molecule has 0 bridgehead atoms. The van der Waals surface area contributed by atoms with Gasteiger partial charge in [0.25, 0.3) is 0 Å². The maximum absolute atomic E-state index is 12.0. The van der Waals surface area contributed by atoms with Crippen molar-refractivity contribution in [3.05, 3.63) is 24.3 Å². The van der Waals surface area contributed by atoms with E-state index in [-0.39, 0.29) is 18.0 Å². The quantitative estimate of drug-likeness (QED) is 0.763. The average Bonchev–Trinajstić information content (AvgIpc) is 3.14. The Bertz CT molecular complexity index is 556. The molecule has 0 amide bonds. The summed E-state index contributed by atoms with van der Waals surface area (Å²) in [5, 5.41) is 3.53. The third-order valence-corrected chi connectivity index (χ3v) is 5.05. The molecule has 138 valence electrons. The maximum Gasteiger partial charge on any atom is 0.308 e. The molecule has 1 N–H and O–H groups in total. The smallest absolute Gasteiger partial charge is 0.308 e. The van der Waals surface area contributed by atoms with Crippen LogP contribution in [-0.4, -0.2) is 38.4 Å². The molecule has 5 nitrogen and oxygen atoms in total. The monoisotopic (exact) mass is 347 g/mol. The summed E-state index contributed by atoms with van der Waals surface area (Å²) in [6.07, 6.45) is 5.20. The summed E-state index contributed by atoms with van der Waals surface area (Å²) in [4.78, 5) is 12.0. The predicted octanol–water partition coefficient (Wildman–Crippen LogP) is 3.64. The summed E-state index contributed by atoms with van der Waals surface area (Å²) in [7, 11) is 0. The van der Waals surface area contributed by atoms with Gasteiger partial charge >= 0.3 is 5.97 Å². The summed E-state index contributed by atoms with van der Waals surface area (Å²) in [6.45, 7) is 4.63. The minimum absolute atomic E-state index is 0.0304. The van der Waals surface area contributed by atoms with Crippen molar-refractivity contribution in [2.45, 2.75) is 45.1 Å². The van der Waals surface area contributed by atoms with E-state index in [4.69, 9.17) is 14.2 Å². The summed E-state index contributed by atoms with van der Waals surface area (Å²) in [5.74, 6) is 1.40. The van der Waals surface area contributed by atoms with E-state index in [1.165, 1.54) is 0 Å². The number of anilines is 1. The lowest BCUT2D eigenvalue weighted by Crippen LogP contribution is -2.28. The Morgan fingerprint density at radius 1 is 1.28 bits per heavy atom. The number of hydrogen-bond acceptors (Lipinski definition) is 5. The normalized spacial score (nSPS) is 26.2. The van der Waals surface area contributed by atoms with Crippen molar-refractivity contribution in [1.29, 1.82) is 0 Å². The van der Waals surface area contributed by atoms with Crippen molar-refractivity contribution in [2.75, 3.05) is 31.7 Å². The topological polar surface area (TPSA) is 56.8 Å². The highest BCUT2D eigenvalue weighted by Gasteiger charge is 2.28. The molecule has 0 spiro atoms. The van der Waals surface area contributed by atoms with Gasteiger partial charge in [0.2, 0.25) is 0 Å². The van der Waals surface area contributed by atoms with Crippen molar-refractivity contribution in [1.82, 2.24) is 0 Å². The van der Waals surface area contributed by atoms with Gasteiger partial charge in [-0.1, -0.05) is 18.6 Å². The predicted molar refractivity (Wildman–Crippen MR) is 96.9 cm³/mol. The first-order valence-corrected chi connectivity index (χ1v) is 9.50. The van der Waals surface area contributed by atoms with E-state index >= 15 is 0 Å². The number of carbonyl (C=O) groups is 1. The highest BCUT2D eigenvalue weighted by atomic mass is 16.5. The van der Waals surface area contributed by atoms with Crippen LogP contribution in [0, 0.1) is 11.8 Å². The van der Waals surface area contributed by atoms with Gasteiger partial charge in [-0.05, 0) is 44.2 Å². The Balaban J connectivity index is 1.53. The van der Waals surface area contributed by atoms with Crippen LogP contribution in [0.4, 0.5) is 5.69 Å². The van der Waals surface area contributed by atoms with Gasteiger partial charge in [-0.15, -0.1) is 0 Å². The van der Waals surface area contributed by atoms with Crippen LogP contribution in [0.1, 0.15) is 39.0 Å². The van der Waals surface area contributed by atoms with Gasteiger partial charge in [0, 0.05) is 13.0 Å². The van der Waals surface area contributed by atoms with E-state index in [2.05, 4.69) is 11.4 Å². The molecule has 5 heteroatoms. The van der Waals surface area contributed by atoms with E-state index in [1.54, 1.807) is 0 Å². The van der Waals surface area contributed by atoms with Crippen LogP contribution in [0.15, 0.2) is 24.3 Å². The molecule has 1 aliphatic carbocycles. The lowest BCUT2D eigenvalue weighted by Gasteiger charge is -2.28. The number of esters is 1. The fraction of sp³-hybridized carbons (Fsp3) is 0.650. The zero-order valence-electron chi connectivity index (χ0n) is 15.0. The standard InChI is InChI=1S/C20H29NO4/c1-2-24-20(22)16-7-5-6-15(12-16)13-21-18-8-3-4-9-19(18)25-17-10-11-23-14-17/h3-4,8-9,15-17,21H,2,5-7,10-14H2,1H3/t15-,16+,17+/m0/s1. The van der Waals surface area contributed by atoms with Gasteiger partial charge in [0.1, 0.15) is 11.9 Å². The molecule has 0 radical (unpaired) electrons. The van der Waals surface area contributed by atoms with Gasteiger partial charge in [-0.2, -0.15) is 0 Å². The van der Waals surface area contributed by atoms with Crippen LogP contribution in [-0.2, 0) is 14.3 Å². The molecular weight excluding hydrogens is 318 g/mol. The molecule has 1 heterocycles. The van der Waals surface area contributed by atoms with Crippen molar-refractivity contribution < 1.29 is 19.0 Å². The molecule has 25 heavy (non-hydrogen) atoms. The maximum atomic E-state index is 12.0. The molecule has 1 aromatic rings. The minimum Gasteiger partial charge on any atom is -0.486 e. The van der Waals surface area contributed by atoms with Crippen molar-refractivity contribution in [3.8, 4) is 5.75 Å². The van der Waals surface area contributed by atoms with E-state index in [9.17, 15) is 4.79 Å². The second-order valence-electron chi connectivity index (χ2n) is 6.96. The van der Waals surface area contributed by atoms with Crippen molar-refractivity contribution in [3.63, 3.8) is 0 Å². The molecule has 0 aromatic heterocycles. The number of carbonyl (C=O) groups excluding carboxylic acids is 1. The second-order valence-corrected chi connectivity index (χ2v) is 6.96. The molecule has 1 aliphatic heterocycles. The van der Waals surface area contributed by atoms with Gasteiger partial charge in [-0.25, -0.2) is 0 Å². The fourth-order valence-corrected chi connectivity index (χ4v) is 3.71. The number of rotatable bonds is 7. The summed E-state index contributed by atoms with van der Waals surface area (Å²) >= 11 is 0. The fourth-order valence-electron chi connectivity index (χ4n) is 3.71. The van der Waals surface area contributed by atoms with Crippen LogP contribution >= 0.6 is 0 Å². The SMILES string of the molecule is CCOC(=O)[C@@H]1CCC[C@H](CNc2ccccc2O[C@@H]2CCOC2)C1. The van der Waals surface area contributed by atoms with E-state index in [0.29, 0.717) is 19.1 Å². The van der Waals surface area contributed by atoms with Crippen LogP contribution < -0.4 is 10.1 Å². The summed E-state index contributed by atoms with van der Waals surface area (Å²) < 4.78 is 16.7. The number of nitrogens with one attached hydrogen (secondary N) is 1. The third-order valence-electron chi connectivity index (χ3n) is 5.05. The molecule has 1 saturated carbocycles.